The number of phenols is 2. The molecule has 3 rings (SSSR count). The molecule has 26 heavy (non-hydrogen) atoms. The first-order valence-electron chi connectivity index (χ1n) is 8.75. The largest absolute Gasteiger partial charge is 0.508 e. The van der Waals surface area contributed by atoms with Crippen molar-refractivity contribution in [2.24, 2.45) is 0 Å². The Bertz CT molecular complexity index is 782. The Balaban J connectivity index is 1.48. The summed E-state index contributed by atoms with van der Waals surface area (Å²) in [5.74, 6) is 0.643. The molecule has 0 bridgehead atoms. The minimum Gasteiger partial charge on any atom is -0.508 e. The summed E-state index contributed by atoms with van der Waals surface area (Å²) in [6.07, 6.45) is 0. The molecule has 0 aromatic heterocycles. The molecular weight excluding hydrogens is 324 g/mol. The maximum absolute atomic E-state index is 9.80. The van der Waals surface area contributed by atoms with Gasteiger partial charge in [-0.25, -0.2) is 0 Å². The maximum Gasteiger partial charge on any atom is 0.120 e. The van der Waals surface area contributed by atoms with Crippen LogP contribution in [0.1, 0.15) is 22.3 Å². The summed E-state index contributed by atoms with van der Waals surface area (Å²) in [4.78, 5) is 0. The number of phenolic OH excluding ortho intramolecular Hbond substituents is 2. The molecule has 3 aromatic rings. The molecule has 4 heteroatoms. The van der Waals surface area contributed by atoms with Crippen LogP contribution in [0, 0.1) is 0 Å². The lowest BCUT2D eigenvalue weighted by Crippen LogP contribution is -2.15. The molecule has 0 fully saturated rings. The second-order valence-electron chi connectivity index (χ2n) is 6.28. The van der Waals surface area contributed by atoms with E-state index in [1.54, 1.807) is 12.1 Å². The van der Waals surface area contributed by atoms with Crippen LogP contribution in [-0.2, 0) is 26.2 Å². The van der Waals surface area contributed by atoms with Gasteiger partial charge in [0, 0.05) is 37.3 Å². The summed E-state index contributed by atoms with van der Waals surface area (Å²) in [5.41, 5.74) is 4.19. The number of para-hydroxylation sites is 2. The van der Waals surface area contributed by atoms with Crippen molar-refractivity contribution in [1.29, 1.82) is 0 Å². The zero-order valence-electron chi connectivity index (χ0n) is 14.7. The molecule has 0 amide bonds. The molecule has 0 heterocycles. The van der Waals surface area contributed by atoms with Crippen LogP contribution < -0.4 is 10.6 Å². The molecule has 134 valence electrons. The Kier molecular flexibility index (Phi) is 6.25. The second-order valence-corrected chi connectivity index (χ2v) is 6.28. The number of aromatic hydroxyl groups is 2. The number of benzene rings is 3. The minimum atomic E-state index is 0.321. The van der Waals surface area contributed by atoms with Gasteiger partial charge in [-0.1, -0.05) is 60.7 Å². The van der Waals surface area contributed by atoms with Crippen molar-refractivity contribution in [2.45, 2.75) is 26.2 Å². The Morgan fingerprint density at radius 3 is 1.46 bits per heavy atom. The zero-order chi connectivity index (χ0) is 18.2. The van der Waals surface area contributed by atoms with E-state index in [0.717, 1.165) is 24.2 Å². The van der Waals surface area contributed by atoms with Crippen LogP contribution >= 0.6 is 0 Å². The highest BCUT2D eigenvalue weighted by Gasteiger charge is 2.02. The van der Waals surface area contributed by atoms with Gasteiger partial charge in [-0.15, -0.1) is 0 Å². The van der Waals surface area contributed by atoms with E-state index in [1.807, 2.05) is 42.5 Å². The molecule has 3 aromatic carbocycles. The van der Waals surface area contributed by atoms with Crippen molar-refractivity contribution in [3.05, 3.63) is 95.1 Å². The number of rotatable bonds is 8. The Hall–Kier alpha value is -2.82. The van der Waals surface area contributed by atoms with Crippen LogP contribution in [0.3, 0.4) is 0 Å². The van der Waals surface area contributed by atoms with Crippen LogP contribution in [0.5, 0.6) is 11.5 Å². The van der Waals surface area contributed by atoms with E-state index in [9.17, 15) is 10.2 Å². The molecular formula is C22H24N2O2. The highest BCUT2D eigenvalue weighted by molar-refractivity contribution is 5.32. The molecule has 0 unspecified atom stereocenters. The van der Waals surface area contributed by atoms with Gasteiger partial charge >= 0.3 is 0 Å². The van der Waals surface area contributed by atoms with Gasteiger partial charge in [0.1, 0.15) is 11.5 Å². The molecule has 4 N–H and O–H groups in total. The van der Waals surface area contributed by atoms with E-state index in [-0.39, 0.29) is 0 Å². The van der Waals surface area contributed by atoms with Crippen molar-refractivity contribution in [1.82, 2.24) is 10.6 Å². The van der Waals surface area contributed by atoms with Crippen LogP contribution in [0.4, 0.5) is 0 Å². The lowest BCUT2D eigenvalue weighted by molar-refractivity contribution is 0.464. The van der Waals surface area contributed by atoms with E-state index in [0.29, 0.717) is 24.6 Å². The molecule has 0 saturated heterocycles. The van der Waals surface area contributed by atoms with Gasteiger partial charge in [0.25, 0.3) is 0 Å². The number of hydrogen-bond donors (Lipinski definition) is 4. The standard InChI is InChI=1S/C22H24N2O2/c25-21-10-3-1-8-19(21)15-23-13-17-6-5-7-18(12-17)14-24-16-20-9-2-4-11-22(20)26/h1-12,23-26H,13-16H2. The third-order valence-electron chi connectivity index (χ3n) is 4.26. The first-order chi connectivity index (χ1) is 12.7. The third-order valence-corrected chi connectivity index (χ3v) is 4.26. The van der Waals surface area contributed by atoms with Crippen molar-refractivity contribution in [3.8, 4) is 11.5 Å². The molecule has 0 spiro atoms. The van der Waals surface area contributed by atoms with Crippen LogP contribution in [0.2, 0.25) is 0 Å². The SMILES string of the molecule is Oc1ccccc1CNCc1cccc(CNCc2ccccc2O)c1. The van der Waals surface area contributed by atoms with Gasteiger partial charge in [0.2, 0.25) is 0 Å². The van der Waals surface area contributed by atoms with Crippen LogP contribution in [-0.4, -0.2) is 10.2 Å². The summed E-state index contributed by atoms with van der Waals surface area (Å²) in [7, 11) is 0. The van der Waals surface area contributed by atoms with Crippen LogP contribution in [0.25, 0.3) is 0 Å². The molecule has 0 saturated carbocycles. The van der Waals surface area contributed by atoms with Crippen molar-refractivity contribution in [3.63, 3.8) is 0 Å². The minimum absolute atomic E-state index is 0.321. The fourth-order valence-electron chi connectivity index (χ4n) is 2.85. The van der Waals surface area contributed by atoms with E-state index in [1.165, 1.54) is 11.1 Å². The van der Waals surface area contributed by atoms with Gasteiger partial charge in [-0.3, -0.25) is 0 Å². The average molecular weight is 348 g/mol. The van der Waals surface area contributed by atoms with Gasteiger partial charge in [-0.2, -0.15) is 0 Å². The monoisotopic (exact) mass is 348 g/mol. The quantitative estimate of drug-likeness (QED) is 0.501. The van der Waals surface area contributed by atoms with Crippen molar-refractivity contribution < 1.29 is 10.2 Å². The molecule has 0 aliphatic carbocycles. The van der Waals surface area contributed by atoms with E-state index < -0.39 is 0 Å². The van der Waals surface area contributed by atoms with Gasteiger partial charge in [0.05, 0.1) is 0 Å². The number of hydrogen-bond acceptors (Lipinski definition) is 4. The summed E-state index contributed by atoms with van der Waals surface area (Å²) in [6.45, 7) is 2.73. The predicted molar refractivity (Wildman–Crippen MR) is 104 cm³/mol. The van der Waals surface area contributed by atoms with Gasteiger partial charge in [0.15, 0.2) is 0 Å². The molecule has 0 atom stereocenters. The Labute approximate surface area is 154 Å². The smallest absolute Gasteiger partial charge is 0.120 e. The Morgan fingerprint density at radius 2 is 1.00 bits per heavy atom. The lowest BCUT2D eigenvalue weighted by Gasteiger charge is -2.10. The Morgan fingerprint density at radius 1 is 0.538 bits per heavy atom. The normalized spacial score (nSPS) is 10.8. The molecule has 0 radical (unpaired) electrons. The molecule has 4 nitrogen and oxygen atoms in total. The highest BCUT2D eigenvalue weighted by atomic mass is 16.3. The highest BCUT2D eigenvalue weighted by Crippen LogP contribution is 2.16. The summed E-state index contributed by atoms with van der Waals surface area (Å²) < 4.78 is 0. The topological polar surface area (TPSA) is 64.5 Å². The molecule has 0 aliphatic heterocycles. The number of nitrogens with one attached hydrogen (secondary N) is 2. The van der Waals surface area contributed by atoms with Gasteiger partial charge in [-0.05, 0) is 23.3 Å². The molecule has 0 aliphatic rings. The first-order valence-corrected chi connectivity index (χ1v) is 8.75. The van der Waals surface area contributed by atoms with E-state index in [4.69, 9.17) is 0 Å². The predicted octanol–water partition coefficient (Wildman–Crippen LogP) is 3.68. The van der Waals surface area contributed by atoms with Crippen molar-refractivity contribution in [2.75, 3.05) is 0 Å². The van der Waals surface area contributed by atoms with E-state index >= 15 is 0 Å². The van der Waals surface area contributed by atoms with E-state index in [2.05, 4.69) is 28.8 Å². The fourth-order valence-corrected chi connectivity index (χ4v) is 2.85. The summed E-state index contributed by atoms with van der Waals surface area (Å²) in [5, 5.41) is 26.3. The lowest BCUT2D eigenvalue weighted by atomic mass is 10.1. The summed E-state index contributed by atoms with van der Waals surface area (Å²) in [6, 6.07) is 23.1. The third kappa shape index (κ3) is 5.09. The fraction of sp³-hybridized carbons (Fsp3) is 0.182. The van der Waals surface area contributed by atoms with Crippen LogP contribution in [0.15, 0.2) is 72.8 Å². The van der Waals surface area contributed by atoms with Crippen molar-refractivity contribution >= 4 is 0 Å². The first kappa shape index (κ1) is 18.0. The second kappa shape index (κ2) is 9.04. The average Bonchev–Trinajstić information content (AvgIpc) is 2.65. The maximum atomic E-state index is 9.80. The van der Waals surface area contributed by atoms with Gasteiger partial charge < -0.3 is 20.8 Å². The summed E-state index contributed by atoms with van der Waals surface area (Å²) >= 11 is 0. The zero-order valence-corrected chi connectivity index (χ0v) is 14.7.